The fourth-order valence-corrected chi connectivity index (χ4v) is 3.77. The second-order valence-electron chi connectivity index (χ2n) is 4.39. The van der Waals surface area contributed by atoms with Gasteiger partial charge in [-0.1, -0.05) is 13.0 Å². The minimum atomic E-state index is 0.755. The van der Waals surface area contributed by atoms with Gasteiger partial charge in [-0.3, -0.25) is 4.90 Å². The summed E-state index contributed by atoms with van der Waals surface area (Å²) in [5, 5.41) is 0.755. The Hall–Kier alpha value is -0.190. The van der Waals surface area contributed by atoms with E-state index in [0.29, 0.717) is 0 Å². The van der Waals surface area contributed by atoms with E-state index in [1.54, 1.807) is 7.11 Å². The maximum Gasteiger partial charge on any atom is 0.133 e. The monoisotopic (exact) mass is 315 g/mol. The van der Waals surface area contributed by atoms with E-state index in [2.05, 4.69) is 51.6 Å². The number of thioether (sulfide) groups is 1. The minimum Gasteiger partial charge on any atom is -0.496 e. The molecule has 2 rings (SSSR count). The van der Waals surface area contributed by atoms with Crippen molar-refractivity contribution in [2.24, 2.45) is 0 Å². The number of hydrogen-bond acceptors (Lipinski definition) is 3. The molecule has 0 N–H and O–H groups in total. The molecule has 2 nitrogen and oxygen atoms in total. The van der Waals surface area contributed by atoms with Gasteiger partial charge < -0.3 is 4.74 Å². The summed E-state index contributed by atoms with van der Waals surface area (Å²) in [6.45, 7) is 5.72. The quantitative estimate of drug-likeness (QED) is 0.848. The first kappa shape index (κ1) is 13.2. The van der Waals surface area contributed by atoms with Gasteiger partial charge in [0, 0.05) is 30.6 Å². The highest BCUT2D eigenvalue weighted by Gasteiger charge is 2.16. The molecular formula is C13H18BrNOS. The number of nitrogens with zero attached hydrogens (tertiary/aromatic N) is 1. The second kappa shape index (κ2) is 6.12. The van der Waals surface area contributed by atoms with Crippen LogP contribution in [0.4, 0.5) is 0 Å². The van der Waals surface area contributed by atoms with Gasteiger partial charge in [0.2, 0.25) is 0 Å². The van der Waals surface area contributed by atoms with Gasteiger partial charge in [0.25, 0.3) is 0 Å². The van der Waals surface area contributed by atoms with Crippen molar-refractivity contribution in [3.63, 3.8) is 0 Å². The molecule has 0 bridgehead atoms. The number of methoxy groups -OCH3 is 1. The van der Waals surface area contributed by atoms with Crippen molar-refractivity contribution in [1.82, 2.24) is 4.90 Å². The average molecular weight is 316 g/mol. The molecule has 1 aliphatic heterocycles. The maximum absolute atomic E-state index is 5.24. The molecule has 1 atom stereocenters. The standard InChI is InChI=1S/C13H18BrNOS/c1-10-8-15(5-6-17-10)9-11-3-4-13(16-2)12(14)7-11/h3-4,7,10H,5-6,8-9H2,1-2H3. The predicted octanol–water partition coefficient (Wildman–Crippen LogP) is 3.40. The highest BCUT2D eigenvalue weighted by atomic mass is 79.9. The average Bonchev–Trinajstić information content (AvgIpc) is 2.29. The summed E-state index contributed by atoms with van der Waals surface area (Å²) in [6, 6.07) is 6.34. The number of ether oxygens (including phenoxy) is 1. The Kier molecular flexibility index (Phi) is 4.77. The van der Waals surface area contributed by atoms with E-state index in [1.165, 1.54) is 24.4 Å². The molecule has 0 spiro atoms. The van der Waals surface area contributed by atoms with Crippen LogP contribution in [-0.2, 0) is 6.54 Å². The topological polar surface area (TPSA) is 12.5 Å². The number of benzene rings is 1. The highest BCUT2D eigenvalue weighted by molar-refractivity contribution is 9.10. The molecule has 1 aromatic carbocycles. The molecule has 1 fully saturated rings. The van der Waals surface area contributed by atoms with Crippen LogP contribution < -0.4 is 4.74 Å². The van der Waals surface area contributed by atoms with E-state index in [4.69, 9.17) is 4.74 Å². The Morgan fingerprint density at radius 3 is 3.00 bits per heavy atom. The zero-order valence-corrected chi connectivity index (χ0v) is 12.7. The van der Waals surface area contributed by atoms with Gasteiger partial charge in [0.1, 0.15) is 5.75 Å². The lowest BCUT2D eigenvalue weighted by molar-refractivity contribution is 0.278. The first-order valence-electron chi connectivity index (χ1n) is 5.85. The molecule has 94 valence electrons. The van der Waals surface area contributed by atoms with Gasteiger partial charge in [0.05, 0.1) is 11.6 Å². The zero-order valence-electron chi connectivity index (χ0n) is 10.3. The van der Waals surface area contributed by atoms with Gasteiger partial charge in [-0.2, -0.15) is 11.8 Å². The van der Waals surface area contributed by atoms with Crippen molar-refractivity contribution in [3.05, 3.63) is 28.2 Å². The summed E-state index contributed by atoms with van der Waals surface area (Å²) in [5.74, 6) is 2.15. The molecule has 1 aromatic rings. The normalized spacial score (nSPS) is 21.5. The lowest BCUT2D eigenvalue weighted by Crippen LogP contribution is -2.35. The zero-order chi connectivity index (χ0) is 12.3. The van der Waals surface area contributed by atoms with Crippen LogP contribution in [-0.4, -0.2) is 36.1 Å². The van der Waals surface area contributed by atoms with Gasteiger partial charge >= 0.3 is 0 Å². The lowest BCUT2D eigenvalue weighted by atomic mass is 10.2. The molecule has 0 radical (unpaired) electrons. The van der Waals surface area contributed by atoms with Gasteiger partial charge in [-0.15, -0.1) is 0 Å². The predicted molar refractivity (Wildman–Crippen MR) is 77.9 cm³/mol. The fourth-order valence-electron chi connectivity index (χ4n) is 2.10. The van der Waals surface area contributed by atoms with E-state index in [-0.39, 0.29) is 0 Å². The van der Waals surface area contributed by atoms with E-state index in [1.807, 2.05) is 6.07 Å². The largest absolute Gasteiger partial charge is 0.496 e. The molecule has 4 heteroatoms. The lowest BCUT2D eigenvalue weighted by Gasteiger charge is -2.30. The number of hydrogen-bond donors (Lipinski definition) is 0. The van der Waals surface area contributed by atoms with Crippen molar-refractivity contribution in [3.8, 4) is 5.75 Å². The van der Waals surface area contributed by atoms with Gasteiger partial charge in [-0.05, 0) is 33.6 Å². The summed E-state index contributed by atoms with van der Waals surface area (Å²) >= 11 is 5.61. The Morgan fingerprint density at radius 1 is 1.53 bits per heavy atom. The molecule has 1 heterocycles. The molecule has 0 saturated carbocycles. The second-order valence-corrected chi connectivity index (χ2v) is 6.79. The molecule has 1 unspecified atom stereocenters. The molecular weight excluding hydrogens is 298 g/mol. The summed E-state index contributed by atoms with van der Waals surface area (Å²) in [6.07, 6.45) is 0. The van der Waals surface area contributed by atoms with Crippen LogP contribution >= 0.6 is 27.7 Å². The van der Waals surface area contributed by atoms with Crippen LogP contribution in [0.3, 0.4) is 0 Å². The third-order valence-corrected chi connectivity index (χ3v) is 4.70. The van der Waals surface area contributed by atoms with E-state index >= 15 is 0 Å². The molecule has 0 aromatic heterocycles. The summed E-state index contributed by atoms with van der Waals surface area (Å²) in [5.41, 5.74) is 1.34. The Bertz CT molecular complexity index is 386. The Balaban J connectivity index is 2.00. The van der Waals surface area contributed by atoms with E-state index in [0.717, 1.165) is 22.0 Å². The highest BCUT2D eigenvalue weighted by Crippen LogP contribution is 2.27. The van der Waals surface area contributed by atoms with Crippen LogP contribution in [0, 0.1) is 0 Å². The maximum atomic E-state index is 5.24. The molecule has 0 amide bonds. The summed E-state index contributed by atoms with van der Waals surface area (Å²) < 4.78 is 6.28. The van der Waals surface area contributed by atoms with E-state index < -0.39 is 0 Å². The Morgan fingerprint density at radius 2 is 2.35 bits per heavy atom. The molecule has 17 heavy (non-hydrogen) atoms. The van der Waals surface area contributed by atoms with Crippen molar-refractivity contribution < 1.29 is 4.74 Å². The third kappa shape index (κ3) is 3.63. The first-order valence-corrected chi connectivity index (χ1v) is 7.69. The van der Waals surface area contributed by atoms with Crippen molar-refractivity contribution in [1.29, 1.82) is 0 Å². The molecule has 0 aliphatic carbocycles. The van der Waals surface area contributed by atoms with E-state index in [9.17, 15) is 0 Å². The van der Waals surface area contributed by atoms with Crippen molar-refractivity contribution in [2.75, 3.05) is 26.0 Å². The summed E-state index contributed by atoms with van der Waals surface area (Å²) in [7, 11) is 1.70. The van der Waals surface area contributed by atoms with Crippen LogP contribution in [0.15, 0.2) is 22.7 Å². The van der Waals surface area contributed by atoms with Crippen LogP contribution in [0.25, 0.3) is 0 Å². The smallest absolute Gasteiger partial charge is 0.133 e. The number of halogens is 1. The third-order valence-electron chi connectivity index (χ3n) is 2.95. The van der Waals surface area contributed by atoms with Gasteiger partial charge in [-0.25, -0.2) is 0 Å². The fraction of sp³-hybridized carbons (Fsp3) is 0.538. The van der Waals surface area contributed by atoms with Crippen LogP contribution in [0.5, 0.6) is 5.75 Å². The SMILES string of the molecule is COc1ccc(CN2CCSC(C)C2)cc1Br. The van der Waals surface area contributed by atoms with Crippen LogP contribution in [0.1, 0.15) is 12.5 Å². The van der Waals surface area contributed by atoms with Crippen molar-refractivity contribution >= 4 is 27.7 Å². The molecule has 1 saturated heterocycles. The van der Waals surface area contributed by atoms with Crippen molar-refractivity contribution in [2.45, 2.75) is 18.7 Å². The number of rotatable bonds is 3. The van der Waals surface area contributed by atoms with Gasteiger partial charge in [0.15, 0.2) is 0 Å². The summed E-state index contributed by atoms with van der Waals surface area (Å²) in [4.78, 5) is 2.52. The minimum absolute atomic E-state index is 0.755. The first-order chi connectivity index (χ1) is 8.19. The van der Waals surface area contributed by atoms with Crippen LogP contribution in [0.2, 0.25) is 0 Å². The Labute approximate surface area is 116 Å². The molecule has 1 aliphatic rings.